The average Bonchev–Trinajstić information content (AvgIpc) is 2.48. The molecule has 2 rings (SSSR count). The lowest BCUT2D eigenvalue weighted by atomic mass is 10.0. The average molecular weight is 278 g/mol. The number of nitro benzene ring substituents is 1. The molecule has 1 aliphatic rings. The number of carbonyl (C=O) groups is 1. The summed E-state index contributed by atoms with van der Waals surface area (Å²) in [7, 11) is 0. The van der Waals surface area contributed by atoms with Crippen LogP contribution in [0.25, 0.3) is 0 Å². The van der Waals surface area contributed by atoms with Crippen molar-refractivity contribution in [1.82, 2.24) is 0 Å². The van der Waals surface area contributed by atoms with Crippen LogP contribution in [-0.2, 0) is 0 Å². The molecule has 1 saturated heterocycles. The molecule has 2 N–H and O–H groups in total. The molecule has 20 heavy (non-hydrogen) atoms. The zero-order valence-corrected chi connectivity index (χ0v) is 11.6. The smallest absolute Gasteiger partial charge is 0.293 e. The number of rotatable bonds is 5. The summed E-state index contributed by atoms with van der Waals surface area (Å²) < 4.78 is 0. The van der Waals surface area contributed by atoms with Gasteiger partial charge in [-0.1, -0.05) is 0 Å². The summed E-state index contributed by atoms with van der Waals surface area (Å²) in [5.74, 6) is 0. The normalized spacial score (nSPS) is 22.2. The van der Waals surface area contributed by atoms with Crippen LogP contribution in [0.1, 0.15) is 30.1 Å². The molecule has 0 radical (unpaired) electrons. The van der Waals surface area contributed by atoms with E-state index in [1.807, 2.05) is 0 Å². The molecule has 6 heteroatoms. The van der Waals surface area contributed by atoms with E-state index in [-0.39, 0.29) is 11.7 Å². The van der Waals surface area contributed by atoms with Gasteiger partial charge < -0.3 is 10.2 Å². The van der Waals surface area contributed by atoms with E-state index in [2.05, 4.69) is 12.2 Å². The maximum atomic E-state index is 11.1. The number of nitro groups is 1. The van der Waals surface area contributed by atoms with Gasteiger partial charge in [-0.3, -0.25) is 14.9 Å². The Morgan fingerprint density at radius 1 is 1.45 bits per heavy atom. The van der Waals surface area contributed by atoms with Crippen LogP contribution in [0.3, 0.4) is 0 Å². The summed E-state index contributed by atoms with van der Waals surface area (Å²) in [5, 5.41) is 14.3. The monoisotopic (exact) mass is 278 g/mol. The van der Waals surface area contributed by atoms with Crippen LogP contribution in [0, 0.1) is 10.1 Å². The van der Waals surface area contributed by atoms with Crippen LogP contribution in [-0.4, -0.2) is 36.9 Å². The van der Waals surface area contributed by atoms with Crippen LogP contribution < -0.4 is 10.2 Å². The second kappa shape index (κ2) is 6.47. The number of hydrogen-bond donors (Lipinski definition) is 2. The maximum Gasteiger partial charge on any atom is 0.293 e. The van der Waals surface area contributed by atoms with Crippen molar-refractivity contribution in [1.29, 1.82) is 0 Å². The first kappa shape index (κ1) is 14.5. The maximum absolute atomic E-state index is 11.1. The van der Waals surface area contributed by atoms with Crippen molar-refractivity contribution in [2.24, 2.45) is 0 Å². The molecular weight excluding hydrogens is 258 g/mol. The highest BCUT2D eigenvalue weighted by Gasteiger charge is 2.23. The standard InChI is InChI=1S/C14H19N3O3/c1-2-16-7-5-12(6-8-16)15-13-4-3-11(10-18)9-14(13)17(19)20/h3-4,9-10,12,15H,2,5-8H2,1H3/p+1. The lowest BCUT2D eigenvalue weighted by Gasteiger charge is -2.29. The van der Waals surface area contributed by atoms with Crippen LogP contribution in [0.15, 0.2) is 18.2 Å². The fourth-order valence-electron chi connectivity index (χ4n) is 2.64. The molecule has 0 bridgehead atoms. The highest BCUT2D eigenvalue weighted by molar-refractivity contribution is 5.79. The predicted octanol–water partition coefficient (Wildman–Crippen LogP) is 0.886. The molecule has 108 valence electrons. The third-order valence-electron chi connectivity index (χ3n) is 3.91. The Morgan fingerprint density at radius 2 is 2.15 bits per heavy atom. The zero-order chi connectivity index (χ0) is 14.5. The summed E-state index contributed by atoms with van der Waals surface area (Å²) >= 11 is 0. The van der Waals surface area contributed by atoms with E-state index in [0.29, 0.717) is 17.5 Å². The van der Waals surface area contributed by atoms with Gasteiger partial charge in [-0.15, -0.1) is 0 Å². The molecule has 6 nitrogen and oxygen atoms in total. The first-order valence-electron chi connectivity index (χ1n) is 6.97. The van der Waals surface area contributed by atoms with Crippen LogP contribution >= 0.6 is 0 Å². The third-order valence-corrected chi connectivity index (χ3v) is 3.91. The molecule has 0 unspecified atom stereocenters. The Kier molecular flexibility index (Phi) is 4.68. The fourth-order valence-corrected chi connectivity index (χ4v) is 2.64. The van der Waals surface area contributed by atoms with E-state index in [9.17, 15) is 14.9 Å². The molecular formula is C14H20N3O3+. The van der Waals surface area contributed by atoms with E-state index in [4.69, 9.17) is 0 Å². The summed E-state index contributed by atoms with van der Waals surface area (Å²) in [6.45, 7) is 5.48. The molecule has 0 amide bonds. The number of hydrogen-bond acceptors (Lipinski definition) is 4. The number of likely N-dealkylation sites (tertiary alicyclic amines) is 1. The van der Waals surface area contributed by atoms with Gasteiger partial charge in [0, 0.05) is 30.5 Å². The highest BCUT2D eigenvalue weighted by atomic mass is 16.6. The minimum Gasteiger partial charge on any atom is -0.376 e. The Labute approximate surface area is 117 Å². The number of benzene rings is 1. The summed E-state index contributed by atoms with van der Waals surface area (Å²) in [4.78, 5) is 22.9. The molecule has 1 fully saturated rings. The summed E-state index contributed by atoms with van der Waals surface area (Å²) in [5.41, 5.74) is 0.804. The second-order valence-corrected chi connectivity index (χ2v) is 5.17. The molecule has 0 aromatic heterocycles. The van der Waals surface area contributed by atoms with Crippen molar-refractivity contribution < 1.29 is 14.6 Å². The van der Waals surface area contributed by atoms with Gasteiger partial charge in [0.25, 0.3) is 5.69 Å². The van der Waals surface area contributed by atoms with Crippen molar-refractivity contribution in [2.45, 2.75) is 25.8 Å². The second-order valence-electron chi connectivity index (χ2n) is 5.17. The third kappa shape index (κ3) is 3.33. The van der Waals surface area contributed by atoms with Crippen LogP contribution in [0.2, 0.25) is 0 Å². The lowest BCUT2D eigenvalue weighted by molar-refractivity contribution is -0.903. The van der Waals surface area contributed by atoms with E-state index in [1.54, 1.807) is 17.0 Å². The molecule has 1 aromatic carbocycles. The number of aldehydes is 1. The molecule has 1 aromatic rings. The topological polar surface area (TPSA) is 76.7 Å². The SMILES string of the molecule is CC[NH+]1CCC(Nc2ccc(C=O)cc2[N+](=O)[O-])CC1. The van der Waals surface area contributed by atoms with E-state index in [1.165, 1.54) is 6.07 Å². The van der Waals surface area contributed by atoms with Gasteiger partial charge >= 0.3 is 0 Å². The zero-order valence-electron chi connectivity index (χ0n) is 11.6. The Morgan fingerprint density at radius 3 is 2.70 bits per heavy atom. The van der Waals surface area contributed by atoms with E-state index in [0.717, 1.165) is 32.5 Å². The fraction of sp³-hybridized carbons (Fsp3) is 0.500. The number of carbonyl (C=O) groups excluding carboxylic acids is 1. The van der Waals surface area contributed by atoms with Gasteiger partial charge in [0.2, 0.25) is 0 Å². The van der Waals surface area contributed by atoms with Gasteiger partial charge in [-0.05, 0) is 19.1 Å². The molecule has 0 saturated carbocycles. The Bertz CT molecular complexity index is 496. The first-order chi connectivity index (χ1) is 9.63. The highest BCUT2D eigenvalue weighted by Crippen LogP contribution is 2.26. The van der Waals surface area contributed by atoms with Crippen molar-refractivity contribution in [3.63, 3.8) is 0 Å². The van der Waals surface area contributed by atoms with Gasteiger partial charge in [-0.2, -0.15) is 0 Å². The van der Waals surface area contributed by atoms with E-state index < -0.39 is 4.92 Å². The predicted molar refractivity (Wildman–Crippen MR) is 76.4 cm³/mol. The largest absolute Gasteiger partial charge is 0.376 e. The lowest BCUT2D eigenvalue weighted by Crippen LogP contribution is -3.13. The molecule has 0 aliphatic carbocycles. The minimum absolute atomic E-state index is 0.0279. The van der Waals surface area contributed by atoms with Gasteiger partial charge in [0.05, 0.1) is 24.6 Å². The minimum atomic E-state index is -0.443. The van der Waals surface area contributed by atoms with Gasteiger partial charge in [0.1, 0.15) is 12.0 Å². The van der Waals surface area contributed by atoms with Crippen LogP contribution in [0.5, 0.6) is 0 Å². The van der Waals surface area contributed by atoms with Crippen molar-refractivity contribution in [2.75, 3.05) is 25.0 Å². The molecule has 1 heterocycles. The van der Waals surface area contributed by atoms with Crippen molar-refractivity contribution >= 4 is 17.7 Å². The molecule has 0 spiro atoms. The number of nitrogens with one attached hydrogen (secondary N) is 2. The van der Waals surface area contributed by atoms with E-state index >= 15 is 0 Å². The number of nitrogens with zero attached hydrogens (tertiary/aromatic N) is 1. The first-order valence-corrected chi connectivity index (χ1v) is 6.97. The summed E-state index contributed by atoms with van der Waals surface area (Å²) in [6, 6.07) is 4.82. The molecule has 1 aliphatic heterocycles. The number of piperidine rings is 1. The number of anilines is 1. The number of quaternary nitrogens is 1. The van der Waals surface area contributed by atoms with Crippen molar-refractivity contribution in [3.05, 3.63) is 33.9 Å². The van der Waals surface area contributed by atoms with Gasteiger partial charge in [0.15, 0.2) is 0 Å². The Hall–Kier alpha value is -1.95. The van der Waals surface area contributed by atoms with Gasteiger partial charge in [-0.25, -0.2) is 0 Å². The Balaban J connectivity index is 2.09. The quantitative estimate of drug-likeness (QED) is 0.476. The van der Waals surface area contributed by atoms with Crippen molar-refractivity contribution in [3.8, 4) is 0 Å². The van der Waals surface area contributed by atoms with Crippen LogP contribution in [0.4, 0.5) is 11.4 Å². The molecule has 0 atom stereocenters. The summed E-state index contributed by atoms with van der Waals surface area (Å²) in [6.07, 6.45) is 2.64.